The minimum absolute atomic E-state index is 0.0435. The lowest BCUT2D eigenvalue weighted by molar-refractivity contribution is 0.284. The van der Waals surface area contributed by atoms with Crippen LogP contribution in [0.3, 0.4) is 0 Å². The zero-order valence-corrected chi connectivity index (χ0v) is 12.0. The summed E-state index contributed by atoms with van der Waals surface area (Å²) in [6.07, 6.45) is 0. The summed E-state index contributed by atoms with van der Waals surface area (Å²) in [5.41, 5.74) is 1.16. The van der Waals surface area contributed by atoms with Crippen LogP contribution in [0.15, 0.2) is 36.4 Å². The highest BCUT2D eigenvalue weighted by Crippen LogP contribution is 2.22. The lowest BCUT2D eigenvalue weighted by atomic mass is 10.2. The predicted molar refractivity (Wildman–Crippen MR) is 76.4 cm³/mol. The Hall–Kier alpha value is -2.14. The molecule has 112 valence electrons. The third-order valence-corrected chi connectivity index (χ3v) is 3.02. The molecule has 0 fully saturated rings. The van der Waals surface area contributed by atoms with Gasteiger partial charge in [0.2, 0.25) is 0 Å². The van der Waals surface area contributed by atoms with Crippen LogP contribution in [-0.2, 0) is 13.2 Å². The van der Waals surface area contributed by atoms with E-state index >= 15 is 0 Å². The summed E-state index contributed by atoms with van der Waals surface area (Å²) in [5, 5.41) is 2.94. The van der Waals surface area contributed by atoms with Gasteiger partial charge in [-0.1, -0.05) is 6.07 Å². The van der Waals surface area contributed by atoms with Crippen molar-refractivity contribution < 1.29 is 18.3 Å². The molecule has 0 aromatic heterocycles. The first-order valence-corrected chi connectivity index (χ1v) is 6.52. The van der Waals surface area contributed by atoms with Gasteiger partial charge in [0.25, 0.3) is 0 Å². The molecule has 0 heterocycles. The highest BCUT2D eigenvalue weighted by atomic mass is 19.1. The Labute approximate surface area is 122 Å². The van der Waals surface area contributed by atoms with Gasteiger partial charge in [-0.3, -0.25) is 0 Å². The lowest BCUT2D eigenvalue weighted by Gasteiger charge is -2.10. The molecule has 0 bridgehead atoms. The first-order chi connectivity index (χ1) is 10.1. The highest BCUT2D eigenvalue weighted by Gasteiger charge is 2.08. The smallest absolute Gasteiger partial charge is 0.165 e. The Bertz CT molecular complexity index is 617. The van der Waals surface area contributed by atoms with Crippen LogP contribution in [0.2, 0.25) is 0 Å². The number of benzene rings is 2. The van der Waals surface area contributed by atoms with Gasteiger partial charge in [0.1, 0.15) is 18.2 Å². The molecule has 2 rings (SSSR count). The van der Waals surface area contributed by atoms with Crippen LogP contribution >= 0.6 is 0 Å². The minimum atomic E-state index is -0.461. The van der Waals surface area contributed by atoms with Gasteiger partial charge in [-0.25, -0.2) is 8.78 Å². The van der Waals surface area contributed by atoms with Crippen LogP contribution in [0.5, 0.6) is 11.5 Å². The van der Waals surface area contributed by atoms with Gasteiger partial charge < -0.3 is 14.8 Å². The summed E-state index contributed by atoms with van der Waals surface area (Å²) in [6, 6.07) is 9.17. The standard InChI is InChI=1S/C16H17F2NO2/c1-19-9-11-3-6-16(15(18)7-11)21-10-12-4-5-13(20-2)8-14(12)17/h3-8,19H,9-10H2,1-2H3. The molecule has 2 aromatic carbocycles. The molecule has 0 saturated carbocycles. The molecule has 3 nitrogen and oxygen atoms in total. The zero-order chi connectivity index (χ0) is 15.2. The summed E-state index contributed by atoms with van der Waals surface area (Å²) >= 11 is 0. The molecule has 0 amide bonds. The molecule has 0 aliphatic heterocycles. The number of ether oxygens (including phenoxy) is 2. The third kappa shape index (κ3) is 3.92. The van der Waals surface area contributed by atoms with E-state index in [1.165, 1.54) is 19.2 Å². The van der Waals surface area contributed by atoms with E-state index in [9.17, 15) is 8.78 Å². The number of rotatable bonds is 6. The maximum atomic E-state index is 13.8. The number of halogens is 2. The minimum Gasteiger partial charge on any atom is -0.497 e. The molecule has 0 saturated heterocycles. The number of hydrogen-bond donors (Lipinski definition) is 1. The van der Waals surface area contributed by atoms with Crippen LogP contribution < -0.4 is 14.8 Å². The Morgan fingerprint density at radius 3 is 2.48 bits per heavy atom. The second-order valence-corrected chi connectivity index (χ2v) is 4.54. The summed E-state index contributed by atoms with van der Waals surface area (Å²) in [7, 11) is 3.25. The van der Waals surface area contributed by atoms with Crippen molar-refractivity contribution in [2.75, 3.05) is 14.2 Å². The molecule has 0 aliphatic rings. The van der Waals surface area contributed by atoms with Gasteiger partial charge in [0.15, 0.2) is 11.6 Å². The fraction of sp³-hybridized carbons (Fsp3) is 0.250. The lowest BCUT2D eigenvalue weighted by Crippen LogP contribution is -2.06. The van der Waals surface area contributed by atoms with E-state index in [1.807, 2.05) is 0 Å². The molecule has 0 unspecified atom stereocenters. The van der Waals surface area contributed by atoms with E-state index in [0.717, 1.165) is 5.56 Å². The van der Waals surface area contributed by atoms with Crippen LogP contribution in [0, 0.1) is 11.6 Å². The van der Waals surface area contributed by atoms with E-state index in [-0.39, 0.29) is 12.4 Å². The maximum absolute atomic E-state index is 13.8. The molecule has 0 aliphatic carbocycles. The fourth-order valence-corrected chi connectivity index (χ4v) is 1.90. The number of hydrogen-bond acceptors (Lipinski definition) is 3. The van der Waals surface area contributed by atoms with Crippen molar-refractivity contribution >= 4 is 0 Å². The second kappa shape index (κ2) is 7.04. The summed E-state index contributed by atoms with van der Waals surface area (Å²) in [4.78, 5) is 0. The molecule has 0 radical (unpaired) electrons. The average molecular weight is 293 g/mol. The molecule has 21 heavy (non-hydrogen) atoms. The van der Waals surface area contributed by atoms with Crippen LogP contribution in [0.4, 0.5) is 8.78 Å². The van der Waals surface area contributed by atoms with E-state index in [0.29, 0.717) is 17.9 Å². The van der Waals surface area contributed by atoms with Crippen LogP contribution in [0.1, 0.15) is 11.1 Å². The Kier molecular flexibility index (Phi) is 5.11. The Morgan fingerprint density at radius 1 is 1.05 bits per heavy atom. The van der Waals surface area contributed by atoms with Crippen LogP contribution in [0.25, 0.3) is 0 Å². The normalized spacial score (nSPS) is 10.5. The largest absolute Gasteiger partial charge is 0.497 e. The van der Waals surface area contributed by atoms with Crippen molar-refractivity contribution in [3.8, 4) is 11.5 Å². The van der Waals surface area contributed by atoms with E-state index in [1.54, 1.807) is 31.3 Å². The monoisotopic (exact) mass is 293 g/mol. The molecule has 0 spiro atoms. The van der Waals surface area contributed by atoms with E-state index < -0.39 is 11.6 Å². The number of methoxy groups -OCH3 is 1. The summed E-state index contributed by atoms with van der Waals surface area (Å²) < 4.78 is 37.8. The van der Waals surface area contributed by atoms with E-state index in [4.69, 9.17) is 9.47 Å². The molecule has 1 N–H and O–H groups in total. The van der Waals surface area contributed by atoms with Crippen molar-refractivity contribution in [2.24, 2.45) is 0 Å². The number of nitrogens with one attached hydrogen (secondary N) is 1. The quantitative estimate of drug-likeness (QED) is 0.886. The van der Waals surface area contributed by atoms with Gasteiger partial charge in [-0.15, -0.1) is 0 Å². The SMILES string of the molecule is CNCc1ccc(OCc2ccc(OC)cc2F)c(F)c1. The van der Waals surface area contributed by atoms with Gasteiger partial charge in [-0.05, 0) is 36.9 Å². The van der Waals surface area contributed by atoms with Gasteiger partial charge >= 0.3 is 0 Å². The van der Waals surface area contributed by atoms with Crippen molar-refractivity contribution in [1.82, 2.24) is 5.32 Å². The molecule has 5 heteroatoms. The van der Waals surface area contributed by atoms with Gasteiger partial charge in [0.05, 0.1) is 7.11 Å². The summed E-state index contributed by atoms with van der Waals surface area (Å²) in [6.45, 7) is 0.530. The molecular formula is C16H17F2NO2. The first kappa shape index (κ1) is 15.3. The zero-order valence-electron chi connectivity index (χ0n) is 12.0. The predicted octanol–water partition coefficient (Wildman–Crippen LogP) is 3.27. The first-order valence-electron chi connectivity index (χ1n) is 6.52. The third-order valence-electron chi connectivity index (χ3n) is 3.02. The van der Waals surface area contributed by atoms with Crippen molar-refractivity contribution in [3.63, 3.8) is 0 Å². The molecule has 2 aromatic rings. The van der Waals surface area contributed by atoms with Crippen molar-refractivity contribution in [2.45, 2.75) is 13.2 Å². The summed E-state index contributed by atoms with van der Waals surface area (Å²) in [5.74, 6) is -0.373. The second-order valence-electron chi connectivity index (χ2n) is 4.54. The molecule has 0 atom stereocenters. The van der Waals surface area contributed by atoms with Gasteiger partial charge in [-0.2, -0.15) is 0 Å². The topological polar surface area (TPSA) is 30.5 Å². The molecular weight excluding hydrogens is 276 g/mol. The Balaban J connectivity index is 2.06. The van der Waals surface area contributed by atoms with Crippen molar-refractivity contribution in [3.05, 3.63) is 59.2 Å². The van der Waals surface area contributed by atoms with Crippen LogP contribution in [-0.4, -0.2) is 14.2 Å². The van der Waals surface area contributed by atoms with Gasteiger partial charge in [0, 0.05) is 18.2 Å². The average Bonchev–Trinajstić information content (AvgIpc) is 2.48. The fourth-order valence-electron chi connectivity index (χ4n) is 1.90. The van der Waals surface area contributed by atoms with E-state index in [2.05, 4.69) is 5.32 Å². The highest BCUT2D eigenvalue weighted by molar-refractivity contribution is 5.31. The Morgan fingerprint density at radius 2 is 1.86 bits per heavy atom. The van der Waals surface area contributed by atoms with Crippen molar-refractivity contribution in [1.29, 1.82) is 0 Å². The maximum Gasteiger partial charge on any atom is 0.165 e.